The molecular formula is C23H29N3O2. The molecule has 0 radical (unpaired) electrons. The molecule has 0 unspecified atom stereocenters. The summed E-state index contributed by atoms with van der Waals surface area (Å²) in [5.74, 6) is 0.297. The van der Waals surface area contributed by atoms with E-state index in [1.165, 1.54) is 18.4 Å². The van der Waals surface area contributed by atoms with Crippen molar-refractivity contribution in [2.75, 3.05) is 23.7 Å². The molecule has 0 spiro atoms. The summed E-state index contributed by atoms with van der Waals surface area (Å²) >= 11 is 0. The number of hydrogen-bond acceptors (Lipinski definition) is 2. The average molecular weight is 380 g/mol. The molecule has 0 saturated carbocycles. The van der Waals surface area contributed by atoms with Gasteiger partial charge >= 0.3 is 6.03 Å². The SMILES string of the molecule is CC(C)c1ccc(C(=O)Nc2ccc(NC(=O)N3CCCCCC3)cc2)cc1. The van der Waals surface area contributed by atoms with Gasteiger partial charge in [-0.1, -0.05) is 38.8 Å². The van der Waals surface area contributed by atoms with Gasteiger partial charge in [-0.25, -0.2) is 4.79 Å². The van der Waals surface area contributed by atoms with E-state index in [0.717, 1.165) is 31.6 Å². The summed E-state index contributed by atoms with van der Waals surface area (Å²) < 4.78 is 0. The molecule has 1 fully saturated rings. The first-order valence-corrected chi connectivity index (χ1v) is 10.1. The summed E-state index contributed by atoms with van der Waals surface area (Å²) in [7, 11) is 0. The van der Waals surface area contributed by atoms with Crippen molar-refractivity contribution >= 4 is 23.3 Å². The Labute approximate surface area is 167 Å². The number of nitrogens with zero attached hydrogens (tertiary/aromatic N) is 1. The third-order valence-electron chi connectivity index (χ3n) is 5.13. The molecule has 2 aromatic carbocycles. The number of amides is 3. The molecule has 5 heteroatoms. The smallest absolute Gasteiger partial charge is 0.321 e. The zero-order valence-electron chi connectivity index (χ0n) is 16.7. The minimum atomic E-state index is -0.142. The van der Waals surface area contributed by atoms with Crippen LogP contribution in [0.25, 0.3) is 0 Å². The Hall–Kier alpha value is -2.82. The van der Waals surface area contributed by atoms with Crippen molar-refractivity contribution in [1.29, 1.82) is 0 Å². The van der Waals surface area contributed by atoms with Crippen LogP contribution < -0.4 is 10.6 Å². The zero-order valence-corrected chi connectivity index (χ0v) is 16.7. The highest BCUT2D eigenvalue weighted by Gasteiger charge is 2.15. The summed E-state index contributed by atoms with van der Waals surface area (Å²) in [6, 6.07) is 14.9. The molecule has 0 aliphatic carbocycles. The topological polar surface area (TPSA) is 61.4 Å². The molecule has 1 heterocycles. The fourth-order valence-corrected chi connectivity index (χ4v) is 3.34. The van der Waals surface area contributed by atoms with Crippen molar-refractivity contribution in [3.8, 4) is 0 Å². The Balaban J connectivity index is 1.56. The second-order valence-corrected chi connectivity index (χ2v) is 7.64. The largest absolute Gasteiger partial charge is 0.325 e. The average Bonchev–Trinajstić information content (AvgIpc) is 2.99. The molecule has 0 aromatic heterocycles. The Morgan fingerprint density at radius 1 is 0.786 bits per heavy atom. The second-order valence-electron chi connectivity index (χ2n) is 7.64. The van der Waals surface area contributed by atoms with Crippen LogP contribution in [0, 0.1) is 0 Å². The van der Waals surface area contributed by atoms with Gasteiger partial charge in [0.1, 0.15) is 0 Å². The van der Waals surface area contributed by atoms with Crippen LogP contribution in [-0.4, -0.2) is 29.9 Å². The number of carbonyl (C=O) groups excluding carboxylic acids is 2. The number of urea groups is 1. The van der Waals surface area contributed by atoms with Gasteiger partial charge in [0.05, 0.1) is 0 Å². The fraction of sp³-hybridized carbons (Fsp3) is 0.391. The molecule has 2 aromatic rings. The molecule has 28 heavy (non-hydrogen) atoms. The van der Waals surface area contributed by atoms with Gasteiger partial charge in [0, 0.05) is 30.0 Å². The predicted octanol–water partition coefficient (Wildman–Crippen LogP) is 5.47. The van der Waals surface area contributed by atoms with Crippen molar-refractivity contribution in [2.45, 2.75) is 45.4 Å². The third kappa shape index (κ3) is 5.35. The van der Waals surface area contributed by atoms with E-state index in [-0.39, 0.29) is 11.9 Å². The minimum absolute atomic E-state index is 0.0519. The van der Waals surface area contributed by atoms with Gasteiger partial charge in [0.2, 0.25) is 0 Å². The first kappa shape index (κ1) is 19.9. The lowest BCUT2D eigenvalue weighted by Crippen LogP contribution is -2.35. The Bertz CT molecular complexity index is 790. The number of benzene rings is 2. The van der Waals surface area contributed by atoms with Gasteiger partial charge in [-0.05, 0) is 60.7 Å². The normalized spacial score (nSPS) is 14.5. The van der Waals surface area contributed by atoms with Gasteiger partial charge in [-0.3, -0.25) is 4.79 Å². The first-order valence-electron chi connectivity index (χ1n) is 10.1. The number of carbonyl (C=O) groups is 2. The van der Waals surface area contributed by atoms with E-state index >= 15 is 0 Å². The van der Waals surface area contributed by atoms with Crippen molar-refractivity contribution in [1.82, 2.24) is 4.90 Å². The molecule has 5 nitrogen and oxygen atoms in total. The van der Waals surface area contributed by atoms with Crippen molar-refractivity contribution < 1.29 is 9.59 Å². The lowest BCUT2D eigenvalue weighted by molar-refractivity contribution is 0.102. The van der Waals surface area contributed by atoms with Gasteiger partial charge in [0.25, 0.3) is 5.91 Å². The van der Waals surface area contributed by atoms with Crippen LogP contribution in [0.5, 0.6) is 0 Å². The van der Waals surface area contributed by atoms with Gasteiger partial charge < -0.3 is 15.5 Å². The number of nitrogens with one attached hydrogen (secondary N) is 2. The van der Waals surface area contributed by atoms with Crippen LogP contribution in [-0.2, 0) is 0 Å². The summed E-state index contributed by atoms with van der Waals surface area (Å²) in [6.45, 7) is 5.88. The fourth-order valence-electron chi connectivity index (χ4n) is 3.34. The van der Waals surface area contributed by atoms with E-state index in [4.69, 9.17) is 0 Å². The molecule has 148 valence electrons. The quantitative estimate of drug-likeness (QED) is 0.740. The zero-order chi connectivity index (χ0) is 19.9. The van der Waals surface area contributed by atoms with Crippen molar-refractivity contribution in [3.05, 3.63) is 59.7 Å². The highest BCUT2D eigenvalue weighted by Crippen LogP contribution is 2.18. The Morgan fingerprint density at radius 2 is 1.32 bits per heavy atom. The third-order valence-corrected chi connectivity index (χ3v) is 5.13. The van der Waals surface area contributed by atoms with Gasteiger partial charge in [-0.2, -0.15) is 0 Å². The highest BCUT2D eigenvalue weighted by molar-refractivity contribution is 6.04. The van der Waals surface area contributed by atoms with Crippen LogP contribution in [0.2, 0.25) is 0 Å². The second kappa shape index (κ2) is 9.40. The Kier molecular flexibility index (Phi) is 6.69. The predicted molar refractivity (Wildman–Crippen MR) is 114 cm³/mol. The molecule has 1 saturated heterocycles. The molecular weight excluding hydrogens is 350 g/mol. The van der Waals surface area contributed by atoms with E-state index in [9.17, 15) is 9.59 Å². The molecule has 0 atom stereocenters. The van der Waals surface area contributed by atoms with Gasteiger partial charge in [-0.15, -0.1) is 0 Å². The number of hydrogen-bond donors (Lipinski definition) is 2. The minimum Gasteiger partial charge on any atom is -0.325 e. The van der Waals surface area contributed by atoms with Crippen LogP contribution in [0.3, 0.4) is 0 Å². The number of rotatable bonds is 4. The van der Waals surface area contributed by atoms with Gasteiger partial charge in [0.15, 0.2) is 0 Å². The number of likely N-dealkylation sites (tertiary alicyclic amines) is 1. The molecule has 1 aliphatic rings. The van der Waals surface area contributed by atoms with E-state index in [0.29, 0.717) is 17.2 Å². The van der Waals surface area contributed by atoms with Crippen molar-refractivity contribution in [2.24, 2.45) is 0 Å². The summed E-state index contributed by atoms with van der Waals surface area (Å²) in [5, 5.41) is 5.84. The molecule has 2 N–H and O–H groups in total. The van der Waals surface area contributed by atoms with Crippen LogP contribution in [0.15, 0.2) is 48.5 Å². The summed E-state index contributed by atoms with van der Waals surface area (Å²) in [6.07, 6.45) is 4.52. The summed E-state index contributed by atoms with van der Waals surface area (Å²) in [5.41, 5.74) is 3.27. The first-order chi connectivity index (χ1) is 13.5. The van der Waals surface area contributed by atoms with E-state index in [2.05, 4.69) is 24.5 Å². The lowest BCUT2D eigenvalue weighted by atomic mass is 10.0. The Morgan fingerprint density at radius 3 is 1.86 bits per heavy atom. The van der Waals surface area contributed by atoms with E-state index < -0.39 is 0 Å². The maximum Gasteiger partial charge on any atom is 0.321 e. The maximum absolute atomic E-state index is 12.4. The van der Waals surface area contributed by atoms with Crippen LogP contribution >= 0.6 is 0 Å². The van der Waals surface area contributed by atoms with E-state index in [1.807, 2.05) is 41.3 Å². The summed E-state index contributed by atoms with van der Waals surface area (Å²) in [4.78, 5) is 26.7. The van der Waals surface area contributed by atoms with E-state index in [1.54, 1.807) is 12.1 Å². The van der Waals surface area contributed by atoms with Crippen LogP contribution in [0.4, 0.5) is 16.2 Å². The standard InChI is InChI=1S/C23H29N3O2/c1-17(2)18-7-9-19(10-8-18)22(27)24-20-11-13-21(14-12-20)25-23(28)26-15-5-3-4-6-16-26/h7-14,17H,3-6,15-16H2,1-2H3,(H,24,27)(H,25,28). The monoisotopic (exact) mass is 379 g/mol. The maximum atomic E-state index is 12.4. The van der Waals surface area contributed by atoms with Crippen molar-refractivity contribution in [3.63, 3.8) is 0 Å². The molecule has 0 bridgehead atoms. The van der Waals surface area contributed by atoms with Crippen LogP contribution in [0.1, 0.15) is 61.4 Å². The molecule has 3 rings (SSSR count). The lowest BCUT2D eigenvalue weighted by Gasteiger charge is -2.20. The molecule has 1 aliphatic heterocycles. The number of anilines is 2. The molecule has 3 amide bonds. The highest BCUT2D eigenvalue weighted by atomic mass is 16.2.